The smallest absolute Gasteiger partial charge is 0.343 e. The van der Waals surface area contributed by atoms with Crippen molar-refractivity contribution in [3.8, 4) is 11.4 Å². The van der Waals surface area contributed by atoms with Crippen molar-refractivity contribution in [2.24, 2.45) is 11.5 Å². The van der Waals surface area contributed by atoms with Crippen molar-refractivity contribution in [1.29, 1.82) is 0 Å². The third-order valence-electron chi connectivity index (χ3n) is 10.3. The van der Waals surface area contributed by atoms with Crippen LogP contribution in [0.3, 0.4) is 0 Å². The van der Waals surface area contributed by atoms with Gasteiger partial charge in [-0.1, -0.05) is 6.92 Å². The van der Waals surface area contributed by atoms with E-state index in [-0.39, 0.29) is 54.0 Å². The number of aryl methyl sites for hydroxylation is 1. The molecule has 1 unspecified atom stereocenters. The molecule has 0 spiro atoms. The molecule has 4 aromatic rings. The Morgan fingerprint density at radius 3 is 2.75 bits per heavy atom. The Hall–Kier alpha value is -5.25. The molecule has 3 amide bonds. The van der Waals surface area contributed by atoms with Crippen molar-refractivity contribution in [2.75, 3.05) is 11.9 Å². The number of carbonyl (C=O) groups is 3. The molecule has 5 heterocycles. The second kappa shape index (κ2) is 13.1. The molecule has 14 nitrogen and oxygen atoms in total. The number of urea groups is 1. The highest BCUT2D eigenvalue weighted by molar-refractivity contribution is 5.95. The van der Waals surface area contributed by atoms with E-state index in [1.54, 1.807) is 42.8 Å². The highest BCUT2D eigenvalue weighted by Crippen LogP contribution is 2.46. The van der Waals surface area contributed by atoms with Crippen LogP contribution in [0.15, 0.2) is 35.3 Å². The summed E-state index contributed by atoms with van der Waals surface area (Å²) in [5.74, 6) is -1.53. The van der Waals surface area contributed by atoms with E-state index >= 15 is 4.39 Å². The lowest BCUT2D eigenvalue weighted by atomic mass is 9.81. The Morgan fingerprint density at radius 1 is 1.22 bits per heavy atom. The van der Waals surface area contributed by atoms with E-state index < -0.39 is 23.6 Å². The van der Waals surface area contributed by atoms with E-state index in [0.29, 0.717) is 72.6 Å². The lowest BCUT2D eigenvalue weighted by Crippen LogP contribution is -2.44. The largest absolute Gasteiger partial charge is 0.458 e. The summed E-state index contributed by atoms with van der Waals surface area (Å²) in [7, 11) is 0. The van der Waals surface area contributed by atoms with E-state index in [1.165, 1.54) is 6.07 Å². The maximum absolute atomic E-state index is 15.2. The highest BCUT2D eigenvalue weighted by atomic mass is 19.1. The van der Waals surface area contributed by atoms with Crippen molar-refractivity contribution in [1.82, 2.24) is 25.2 Å². The summed E-state index contributed by atoms with van der Waals surface area (Å²) in [4.78, 5) is 59.3. The van der Waals surface area contributed by atoms with Crippen molar-refractivity contribution in [2.45, 2.75) is 83.3 Å². The third-order valence-corrected chi connectivity index (χ3v) is 10.3. The van der Waals surface area contributed by atoms with Crippen LogP contribution in [0.1, 0.15) is 77.7 Å². The molecule has 266 valence electrons. The van der Waals surface area contributed by atoms with Gasteiger partial charge in [0.1, 0.15) is 12.4 Å². The fraction of sp³-hybridized carbons (Fsp3) is 0.389. The van der Waals surface area contributed by atoms with E-state index in [1.807, 2.05) is 0 Å². The van der Waals surface area contributed by atoms with Gasteiger partial charge in [-0.15, -0.1) is 0 Å². The standard InChI is InChI=1S/C36H39FN8O6/c1-3-36(50)23-11-28-31-21(15-45(28)33(47)22(23)16-51-34(36)48)30-26(9-8-20-17(2)24(37)12-27(44-31)29(20)30)42-13-18-6-7-19(14-41-18)43-32(46)25(38)5-4-10-40-35(39)49/h6-7,11-12,14,25-26,42,50H,3-5,8-10,13,15-16,38H2,1-2H3,(H,43,46)(H3,39,40,49)/t25?,26-,36-/m0/s1. The van der Waals surface area contributed by atoms with Gasteiger partial charge in [0.25, 0.3) is 5.56 Å². The monoisotopic (exact) mass is 698 g/mol. The van der Waals surface area contributed by atoms with E-state index in [0.717, 1.165) is 22.1 Å². The Morgan fingerprint density at radius 2 is 2.02 bits per heavy atom. The molecule has 0 radical (unpaired) electrons. The Bertz CT molecular complexity index is 2170. The summed E-state index contributed by atoms with van der Waals surface area (Å²) in [6.45, 7) is 4.11. The number of fused-ring (bicyclic) bond motifs is 5. The minimum atomic E-state index is -1.96. The van der Waals surface area contributed by atoms with Crippen LogP contribution in [0.25, 0.3) is 22.3 Å². The fourth-order valence-corrected chi connectivity index (χ4v) is 7.49. The Labute approximate surface area is 291 Å². The second-order valence-electron chi connectivity index (χ2n) is 13.4. The first-order valence-corrected chi connectivity index (χ1v) is 17.0. The summed E-state index contributed by atoms with van der Waals surface area (Å²) in [5, 5.41) is 21.0. The number of carbonyl (C=O) groups excluding carboxylic acids is 3. The molecular formula is C36H39FN8O6. The van der Waals surface area contributed by atoms with E-state index in [2.05, 4.69) is 20.9 Å². The van der Waals surface area contributed by atoms with Crippen molar-refractivity contribution in [3.63, 3.8) is 0 Å². The van der Waals surface area contributed by atoms with Crippen LogP contribution in [0.5, 0.6) is 0 Å². The highest BCUT2D eigenvalue weighted by Gasteiger charge is 2.46. The van der Waals surface area contributed by atoms with Gasteiger partial charge in [-0.05, 0) is 73.9 Å². The predicted octanol–water partition coefficient (Wildman–Crippen LogP) is 2.41. The Balaban J connectivity index is 1.16. The predicted molar refractivity (Wildman–Crippen MR) is 185 cm³/mol. The number of nitrogens with one attached hydrogen (secondary N) is 3. The molecule has 0 fully saturated rings. The molecule has 0 saturated heterocycles. The van der Waals surface area contributed by atoms with E-state index in [4.69, 9.17) is 21.2 Å². The van der Waals surface area contributed by atoms with Gasteiger partial charge in [0.05, 0.1) is 52.6 Å². The van der Waals surface area contributed by atoms with Gasteiger partial charge in [-0.3, -0.25) is 14.6 Å². The number of primary amides is 1. The number of nitrogens with zero attached hydrogens (tertiary/aromatic N) is 3. The number of aromatic nitrogens is 3. The third kappa shape index (κ3) is 5.90. The molecule has 1 aliphatic carbocycles. The number of amides is 3. The van der Waals surface area contributed by atoms with Gasteiger partial charge in [-0.25, -0.2) is 19.0 Å². The molecule has 0 bridgehead atoms. The minimum Gasteiger partial charge on any atom is -0.458 e. The lowest BCUT2D eigenvalue weighted by Gasteiger charge is -2.31. The number of cyclic esters (lactones) is 1. The summed E-state index contributed by atoms with van der Waals surface area (Å²) in [5.41, 5.74) is 15.0. The summed E-state index contributed by atoms with van der Waals surface area (Å²) in [6.07, 6.45) is 3.71. The SMILES string of the molecule is CC[C@@]1(O)C(=O)OCc2c1cc1n(c2=O)Cc2c-1nc1cc(F)c(C)c3c1c2[C@@H](NCc1ccc(NC(=O)C(N)CCCNC(N)=O)cn1)CC3. The Kier molecular flexibility index (Phi) is 8.81. The number of anilines is 1. The molecule has 2 aliphatic heterocycles. The van der Waals surface area contributed by atoms with Gasteiger partial charge in [0.2, 0.25) is 5.91 Å². The van der Waals surface area contributed by atoms with Gasteiger partial charge in [0.15, 0.2) is 5.60 Å². The minimum absolute atomic E-state index is 0.0251. The van der Waals surface area contributed by atoms with Crippen LogP contribution >= 0.6 is 0 Å². The average Bonchev–Trinajstić information content (AvgIpc) is 3.49. The van der Waals surface area contributed by atoms with Crippen molar-refractivity contribution in [3.05, 3.63) is 85.7 Å². The zero-order valence-electron chi connectivity index (χ0n) is 28.3. The molecule has 3 aliphatic rings. The number of rotatable bonds is 10. The molecule has 0 saturated carbocycles. The van der Waals surface area contributed by atoms with Gasteiger partial charge < -0.3 is 41.8 Å². The number of esters is 1. The fourth-order valence-electron chi connectivity index (χ4n) is 7.49. The van der Waals surface area contributed by atoms with Crippen LogP contribution in [0, 0.1) is 12.7 Å². The first-order chi connectivity index (χ1) is 24.4. The molecule has 7 rings (SSSR count). The number of ether oxygens (including phenoxy) is 1. The average molecular weight is 699 g/mol. The maximum Gasteiger partial charge on any atom is 0.343 e. The topological polar surface area (TPSA) is 217 Å². The summed E-state index contributed by atoms with van der Waals surface area (Å²) >= 11 is 0. The second-order valence-corrected chi connectivity index (χ2v) is 13.4. The van der Waals surface area contributed by atoms with Crippen LogP contribution in [-0.4, -0.2) is 50.1 Å². The van der Waals surface area contributed by atoms with Crippen LogP contribution < -0.4 is 33.0 Å². The summed E-state index contributed by atoms with van der Waals surface area (Å²) < 4.78 is 22.1. The van der Waals surface area contributed by atoms with Gasteiger partial charge >= 0.3 is 12.0 Å². The van der Waals surface area contributed by atoms with Gasteiger partial charge in [-0.2, -0.15) is 0 Å². The number of hydrogen-bond acceptors (Lipinski definition) is 10. The molecule has 51 heavy (non-hydrogen) atoms. The van der Waals surface area contributed by atoms with Crippen LogP contribution in [0.2, 0.25) is 0 Å². The number of hydrogen-bond donors (Lipinski definition) is 6. The number of nitrogens with two attached hydrogens (primary N) is 2. The van der Waals surface area contributed by atoms with Crippen molar-refractivity contribution >= 4 is 34.5 Å². The van der Waals surface area contributed by atoms with Crippen LogP contribution in [-0.2, 0) is 46.0 Å². The molecule has 3 atom stereocenters. The summed E-state index contributed by atoms with van der Waals surface area (Å²) in [6, 6.07) is 5.03. The lowest BCUT2D eigenvalue weighted by molar-refractivity contribution is -0.172. The molecular weight excluding hydrogens is 659 g/mol. The quantitative estimate of drug-likeness (QED) is 0.0925. The van der Waals surface area contributed by atoms with E-state index in [9.17, 15) is 24.3 Å². The first-order valence-electron chi connectivity index (χ1n) is 17.0. The number of halogens is 1. The van der Waals surface area contributed by atoms with Crippen molar-refractivity contribution < 1.29 is 28.6 Å². The number of pyridine rings is 3. The van der Waals surface area contributed by atoms with Gasteiger partial charge in [0, 0.05) is 41.7 Å². The number of aliphatic hydroxyl groups is 1. The molecule has 3 aromatic heterocycles. The first kappa shape index (κ1) is 34.2. The number of benzene rings is 1. The molecule has 15 heteroatoms. The zero-order valence-corrected chi connectivity index (χ0v) is 28.3. The van der Waals surface area contributed by atoms with Crippen LogP contribution in [0.4, 0.5) is 14.9 Å². The normalized spacial score (nSPS) is 19.2. The molecule has 1 aromatic carbocycles. The zero-order chi connectivity index (χ0) is 36.2. The molecule has 8 N–H and O–H groups in total. The maximum atomic E-state index is 15.2.